The molecule has 1 saturated heterocycles. The molecule has 3 aromatic rings. The lowest BCUT2D eigenvalue weighted by Gasteiger charge is -2.19. The van der Waals surface area contributed by atoms with Crippen LogP contribution in [0.5, 0.6) is 5.75 Å². The van der Waals surface area contributed by atoms with E-state index >= 15 is 0 Å². The van der Waals surface area contributed by atoms with E-state index in [1.54, 1.807) is 38.1 Å². The van der Waals surface area contributed by atoms with Crippen LogP contribution in [0.2, 0.25) is 5.28 Å². The number of halogens is 1. The number of carbonyl (C=O) groups excluding carboxylic acids is 2. The van der Waals surface area contributed by atoms with Crippen molar-refractivity contribution in [3.05, 3.63) is 41.4 Å². The van der Waals surface area contributed by atoms with Crippen molar-refractivity contribution in [3.8, 4) is 5.75 Å². The number of hydrogen-bond donors (Lipinski definition) is 3. The predicted octanol–water partition coefficient (Wildman–Crippen LogP) is 1.04. The van der Waals surface area contributed by atoms with Crippen LogP contribution in [0.15, 0.2) is 30.6 Å². The van der Waals surface area contributed by atoms with Gasteiger partial charge in [-0.05, 0) is 43.5 Å². The third-order valence-corrected chi connectivity index (χ3v) is 6.14. The molecule has 4 rings (SSSR count). The minimum absolute atomic E-state index is 0.0178. The minimum Gasteiger partial charge on any atom is -0.490 e. The van der Waals surface area contributed by atoms with Crippen molar-refractivity contribution in [1.82, 2.24) is 19.5 Å². The summed E-state index contributed by atoms with van der Waals surface area (Å²) >= 11 is 5.92. The molecule has 38 heavy (non-hydrogen) atoms. The van der Waals surface area contributed by atoms with E-state index in [0.29, 0.717) is 11.3 Å². The molecule has 0 unspecified atom stereocenters. The molecule has 1 aromatic carbocycles. The largest absolute Gasteiger partial charge is 0.490 e. The first kappa shape index (κ1) is 27.5. The summed E-state index contributed by atoms with van der Waals surface area (Å²) in [5.41, 5.74) is 6.90. The number of fused-ring (bicyclic) bond motifs is 1. The number of hydrogen-bond acceptors (Lipinski definition) is 12. The standard InChI is InChI=1S/C24H28ClN5O8/c1-3-35-22(33)13(23(34)36-4-2)9-12-7-5-6-8-14(12)37-10-15-17(31)18(32)21(38-15)30-11-27-16-19(26)28-24(25)29-20(16)30/h5-8,11,13,15,17-18,21,31-32H,3-4,9-10H2,1-2H3,(H2,26,28,29)/t15-,17-,18-,21-/m1/s1. The van der Waals surface area contributed by atoms with E-state index in [4.69, 9.17) is 36.3 Å². The van der Waals surface area contributed by atoms with Gasteiger partial charge in [0.15, 0.2) is 23.6 Å². The van der Waals surface area contributed by atoms with Crippen LogP contribution in [0, 0.1) is 5.92 Å². The summed E-state index contributed by atoms with van der Waals surface area (Å²) in [6.07, 6.45) is -3.32. The fraction of sp³-hybridized carbons (Fsp3) is 0.458. The Balaban J connectivity index is 1.49. The van der Waals surface area contributed by atoms with Gasteiger partial charge in [0.05, 0.1) is 19.5 Å². The molecule has 0 bridgehead atoms. The zero-order valence-electron chi connectivity index (χ0n) is 20.7. The van der Waals surface area contributed by atoms with E-state index in [0.717, 1.165) is 0 Å². The zero-order chi connectivity index (χ0) is 27.4. The smallest absolute Gasteiger partial charge is 0.320 e. The van der Waals surface area contributed by atoms with E-state index in [1.165, 1.54) is 10.9 Å². The molecule has 4 N–H and O–H groups in total. The lowest BCUT2D eigenvalue weighted by molar-refractivity contribution is -0.161. The molecular weight excluding hydrogens is 522 g/mol. The maximum absolute atomic E-state index is 12.4. The fourth-order valence-corrected chi connectivity index (χ4v) is 4.32. The number of rotatable bonds is 10. The molecule has 1 aliphatic heterocycles. The number of benzene rings is 1. The van der Waals surface area contributed by atoms with Gasteiger partial charge in [-0.25, -0.2) is 4.98 Å². The van der Waals surface area contributed by atoms with Crippen molar-refractivity contribution in [1.29, 1.82) is 0 Å². The minimum atomic E-state index is -1.34. The van der Waals surface area contributed by atoms with Crippen LogP contribution < -0.4 is 10.5 Å². The van der Waals surface area contributed by atoms with Crippen LogP contribution in [0.25, 0.3) is 11.2 Å². The van der Waals surface area contributed by atoms with E-state index in [1.807, 2.05) is 0 Å². The van der Waals surface area contributed by atoms with Crippen molar-refractivity contribution >= 4 is 40.5 Å². The fourth-order valence-electron chi connectivity index (χ4n) is 4.15. The number of anilines is 1. The first-order chi connectivity index (χ1) is 18.2. The van der Waals surface area contributed by atoms with Gasteiger partial charge in [-0.3, -0.25) is 14.2 Å². The highest BCUT2D eigenvalue weighted by Gasteiger charge is 2.45. The highest BCUT2D eigenvalue weighted by Crippen LogP contribution is 2.33. The Morgan fingerprint density at radius 3 is 2.50 bits per heavy atom. The molecule has 3 heterocycles. The lowest BCUT2D eigenvalue weighted by Crippen LogP contribution is -2.34. The molecule has 0 spiro atoms. The van der Waals surface area contributed by atoms with Crippen molar-refractivity contribution in [2.75, 3.05) is 25.6 Å². The second-order valence-electron chi connectivity index (χ2n) is 8.43. The Morgan fingerprint density at radius 1 is 1.13 bits per heavy atom. The first-order valence-corrected chi connectivity index (χ1v) is 12.3. The molecule has 1 aliphatic rings. The Labute approximate surface area is 222 Å². The van der Waals surface area contributed by atoms with Crippen LogP contribution in [0.3, 0.4) is 0 Å². The number of aromatic nitrogens is 4. The molecule has 0 amide bonds. The van der Waals surface area contributed by atoms with E-state index in [9.17, 15) is 19.8 Å². The van der Waals surface area contributed by atoms with Gasteiger partial charge in [0.2, 0.25) is 5.28 Å². The summed E-state index contributed by atoms with van der Waals surface area (Å²) in [4.78, 5) is 37.0. The molecule has 204 valence electrons. The summed E-state index contributed by atoms with van der Waals surface area (Å²) in [6, 6.07) is 6.82. The number of nitrogens with two attached hydrogens (primary N) is 1. The Bertz CT molecular complexity index is 1290. The van der Waals surface area contributed by atoms with Gasteiger partial charge in [-0.15, -0.1) is 0 Å². The number of nitrogen functional groups attached to an aromatic ring is 1. The van der Waals surface area contributed by atoms with Gasteiger partial charge in [0.25, 0.3) is 0 Å². The van der Waals surface area contributed by atoms with E-state index < -0.39 is 42.4 Å². The zero-order valence-corrected chi connectivity index (χ0v) is 21.4. The van der Waals surface area contributed by atoms with Crippen molar-refractivity contribution < 1.29 is 38.7 Å². The third kappa shape index (κ3) is 5.65. The number of aliphatic hydroxyl groups is 2. The van der Waals surface area contributed by atoms with Crippen LogP contribution >= 0.6 is 11.6 Å². The van der Waals surface area contributed by atoms with Crippen LogP contribution in [0.1, 0.15) is 25.6 Å². The molecule has 2 aromatic heterocycles. The van der Waals surface area contributed by atoms with Gasteiger partial charge in [0.1, 0.15) is 36.2 Å². The summed E-state index contributed by atoms with van der Waals surface area (Å²) in [6.45, 7) is 3.37. The van der Waals surface area contributed by atoms with Crippen molar-refractivity contribution in [3.63, 3.8) is 0 Å². The number of para-hydroxylation sites is 1. The summed E-state index contributed by atoms with van der Waals surface area (Å²) in [5.74, 6) is -2.14. The number of ether oxygens (including phenoxy) is 4. The maximum Gasteiger partial charge on any atom is 0.320 e. The number of carbonyl (C=O) groups is 2. The molecule has 0 saturated carbocycles. The average Bonchev–Trinajstić information content (AvgIpc) is 3.42. The summed E-state index contributed by atoms with van der Waals surface area (Å²) < 4.78 is 23.3. The van der Waals surface area contributed by atoms with Gasteiger partial charge in [-0.1, -0.05) is 18.2 Å². The number of imidazole rings is 1. The van der Waals surface area contributed by atoms with Gasteiger partial charge in [0, 0.05) is 0 Å². The van der Waals surface area contributed by atoms with Crippen molar-refractivity contribution in [2.45, 2.75) is 44.8 Å². The number of nitrogens with zero attached hydrogens (tertiary/aromatic N) is 4. The maximum atomic E-state index is 12.4. The molecular formula is C24H28ClN5O8. The molecule has 0 radical (unpaired) electrons. The first-order valence-electron chi connectivity index (χ1n) is 12.0. The predicted molar refractivity (Wildman–Crippen MR) is 133 cm³/mol. The Morgan fingerprint density at radius 2 is 1.82 bits per heavy atom. The number of aliphatic hydroxyl groups excluding tert-OH is 2. The normalized spacial score (nSPS) is 21.1. The quantitative estimate of drug-likeness (QED) is 0.186. The number of esters is 2. The second-order valence-corrected chi connectivity index (χ2v) is 8.77. The second kappa shape index (κ2) is 11.9. The molecule has 14 heteroatoms. The third-order valence-electron chi connectivity index (χ3n) is 5.97. The SMILES string of the molecule is CCOC(=O)C(Cc1ccccc1OC[C@H]1O[C@@H](n2cnc3c(N)nc(Cl)nc32)[C@H](O)[C@@H]1O)C(=O)OCC. The molecule has 0 aliphatic carbocycles. The Hall–Kier alpha value is -3.52. The molecule has 4 atom stereocenters. The highest BCUT2D eigenvalue weighted by molar-refractivity contribution is 6.28. The topological polar surface area (TPSA) is 181 Å². The van der Waals surface area contributed by atoms with Crippen molar-refractivity contribution in [2.24, 2.45) is 5.92 Å². The van der Waals surface area contributed by atoms with E-state index in [2.05, 4.69) is 15.0 Å². The molecule has 13 nitrogen and oxygen atoms in total. The van der Waals surface area contributed by atoms with Crippen LogP contribution in [-0.4, -0.2) is 79.8 Å². The average molecular weight is 550 g/mol. The Kier molecular flexibility index (Phi) is 8.62. The summed E-state index contributed by atoms with van der Waals surface area (Å²) in [7, 11) is 0. The highest BCUT2D eigenvalue weighted by atomic mass is 35.5. The van der Waals surface area contributed by atoms with Crippen LogP contribution in [-0.2, 0) is 30.2 Å². The van der Waals surface area contributed by atoms with Crippen LogP contribution in [0.4, 0.5) is 5.82 Å². The van der Waals surface area contributed by atoms with E-state index in [-0.39, 0.29) is 48.5 Å². The monoisotopic (exact) mass is 549 g/mol. The van der Waals surface area contributed by atoms with Gasteiger partial charge in [-0.2, -0.15) is 9.97 Å². The molecule has 1 fully saturated rings. The summed E-state index contributed by atoms with van der Waals surface area (Å²) in [5, 5.41) is 21.3. The van der Waals surface area contributed by atoms with Gasteiger partial charge < -0.3 is 34.9 Å². The lowest BCUT2D eigenvalue weighted by atomic mass is 9.98. The van der Waals surface area contributed by atoms with Gasteiger partial charge >= 0.3 is 11.9 Å².